The van der Waals surface area contributed by atoms with Gasteiger partial charge in [0.2, 0.25) is 0 Å². The minimum absolute atomic E-state index is 0. The lowest BCUT2D eigenvalue weighted by Gasteiger charge is -2.32. The van der Waals surface area contributed by atoms with Crippen LogP contribution in [0.3, 0.4) is 0 Å². The fraction of sp³-hybridized carbons (Fsp3) is 0.650. The third-order valence-corrected chi connectivity index (χ3v) is 4.98. The van der Waals surface area contributed by atoms with Gasteiger partial charge < -0.3 is 20.5 Å². The van der Waals surface area contributed by atoms with Gasteiger partial charge in [-0.2, -0.15) is 0 Å². The van der Waals surface area contributed by atoms with Gasteiger partial charge in [-0.3, -0.25) is 9.89 Å². The average molecular weight is 490 g/mol. The van der Waals surface area contributed by atoms with E-state index in [1.54, 1.807) is 14.2 Å². The first-order valence-corrected chi connectivity index (χ1v) is 9.58. The van der Waals surface area contributed by atoms with Crippen LogP contribution in [0.25, 0.3) is 0 Å². The second-order valence-corrected chi connectivity index (χ2v) is 7.18. The number of hydrogen-bond donors (Lipinski definition) is 2. The number of ether oxygens (including phenoxy) is 2. The average Bonchev–Trinajstić information content (AvgIpc) is 2.90. The number of guanidine groups is 1. The van der Waals surface area contributed by atoms with Gasteiger partial charge in [0.15, 0.2) is 17.5 Å². The van der Waals surface area contributed by atoms with E-state index in [0.717, 1.165) is 5.69 Å². The third-order valence-electron chi connectivity index (χ3n) is 4.98. The lowest BCUT2D eigenvalue weighted by Crippen LogP contribution is -2.42. The van der Waals surface area contributed by atoms with Gasteiger partial charge in [-0.05, 0) is 44.0 Å². The summed E-state index contributed by atoms with van der Waals surface area (Å²) in [6.07, 6.45) is 5.25. The number of hydrogen-bond acceptors (Lipinski definition) is 4. The molecule has 0 aromatic heterocycles. The number of anilines is 1. The zero-order valence-electron chi connectivity index (χ0n) is 17.0. The van der Waals surface area contributed by atoms with Gasteiger partial charge in [-0.1, -0.05) is 26.7 Å². The van der Waals surface area contributed by atoms with Crippen molar-refractivity contribution in [2.75, 3.05) is 39.2 Å². The van der Waals surface area contributed by atoms with Crippen molar-refractivity contribution in [1.29, 1.82) is 0 Å². The summed E-state index contributed by atoms with van der Waals surface area (Å²) in [5.74, 6) is 2.33. The summed E-state index contributed by atoms with van der Waals surface area (Å²) in [4.78, 5) is 7.20. The van der Waals surface area contributed by atoms with Gasteiger partial charge in [0.05, 0.1) is 20.8 Å². The van der Waals surface area contributed by atoms with Crippen molar-refractivity contribution in [2.24, 2.45) is 16.6 Å². The monoisotopic (exact) mass is 490 g/mol. The number of rotatable bonds is 7. The Balaban J connectivity index is 0.00000364. The van der Waals surface area contributed by atoms with Crippen molar-refractivity contribution < 1.29 is 9.47 Å². The molecule has 0 amide bonds. The van der Waals surface area contributed by atoms with Crippen LogP contribution in [0.2, 0.25) is 0 Å². The normalized spacial score (nSPS) is 17.0. The molecular formula is C20H35IN4O2. The summed E-state index contributed by atoms with van der Waals surface area (Å²) in [5.41, 5.74) is 6.96. The van der Waals surface area contributed by atoms with Crippen LogP contribution in [0.15, 0.2) is 23.2 Å². The minimum Gasteiger partial charge on any atom is -0.493 e. The zero-order valence-corrected chi connectivity index (χ0v) is 19.4. The highest BCUT2D eigenvalue weighted by molar-refractivity contribution is 14.0. The maximum absolute atomic E-state index is 6.12. The molecule has 1 aliphatic heterocycles. The van der Waals surface area contributed by atoms with Gasteiger partial charge in [0, 0.05) is 17.8 Å². The zero-order chi connectivity index (χ0) is 18.9. The molecule has 1 fully saturated rings. The highest BCUT2D eigenvalue weighted by Crippen LogP contribution is 2.29. The number of benzene rings is 1. The highest BCUT2D eigenvalue weighted by atomic mass is 127. The molecule has 1 unspecified atom stereocenters. The molecule has 1 saturated heterocycles. The molecule has 1 aromatic rings. The van der Waals surface area contributed by atoms with Crippen molar-refractivity contribution >= 4 is 35.6 Å². The molecule has 0 aliphatic carbocycles. The van der Waals surface area contributed by atoms with E-state index in [4.69, 9.17) is 15.2 Å². The Morgan fingerprint density at radius 1 is 1.11 bits per heavy atom. The van der Waals surface area contributed by atoms with E-state index in [0.29, 0.717) is 36.0 Å². The largest absolute Gasteiger partial charge is 0.493 e. The molecule has 2 rings (SSSR count). The van der Waals surface area contributed by atoms with Crippen LogP contribution in [0.1, 0.15) is 39.5 Å². The summed E-state index contributed by atoms with van der Waals surface area (Å²) in [5, 5.41) is 3.15. The van der Waals surface area contributed by atoms with E-state index in [1.165, 1.54) is 38.8 Å². The van der Waals surface area contributed by atoms with Crippen LogP contribution in [-0.2, 0) is 0 Å². The van der Waals surface area contributed by atoms with Crippen LogP contribution >= 0.6 is 24.0 Å². The maximum atomic E-state index is 6.12. The summed E-state index contributed by atoms with van der Waals surface area (Å²) in [6.45, 7) is 7.58. The van der Waals surface area contributed by atoms with Crippen molar-refractivity contribution in [2.45, 2.75) is 45.6 Å². The van der Waals surface area contributed by atoms with Crippen LogP contribution < -0.4 is 20.5 Å². The summed E-state index contributed by atoms with van der Waals surface area (Å²) >= 11 is 0. The van der Waals surface area contributed by atoms with Crippen LogP contribution in [0.5, 0.6) is 11.5 Å². The van der Waals surface area contributed by atoms with Gasteiger partial charge in [-0.15, -0.1) is 24.0 Å². The molecule has 3 N–H and O–H groups in total. The van der Waals surface area contributed by atoms with Gasteiger partial charge >= 0.3 is 0 Å². The van der Waals surface area contributed by atoms with Gasteiger partial charge in [0.1, 0.15) is 0 Å². The number of methoxy groups -OCH3 is 2. The fourth-order valence-electron chi connectivity index (χ4n) is 3.47. The molecule has 6 nitrogen and oxygen atoms in total. The quantitative estimate of drug-likeness (QED) is 0.344. The molecule has 0 spiro atoms. The third kappa shape index (κ3) is 7.37. The lowest BCUT2D eigenvalue weighted by molar-refractivity contribution is 0.166. The number of nitrogens with zero attached hydrogens (tertiary/aromatic N) is 2. The second kappa shape index (κ2) is 12.3. The highest BCUT2D eigenvalue weighted by Gasteiger charge is 2.22. The standard InChI is InChI=1S/C20H34N4O2.HI/c1-15(2)17(24-11-7-5-6-8-12-24)14-22-20(21)23-16-9-10-18(25-3)19(13-16)26-4;/h9-10,13,15,17H,5-8,11-12,14H2,1-4H3,(H3,21,22,23);1H. The molecular weight excluding hydrogens is 455 g/mol. The number of likely N-dealkylation sites (tertiary alicyclic amines) is 1. The topological polar surface area (TPSA) is 72.1 Å². The number of nitrogens with two attached hydrogens (primary N) is 1. The second-order valence-electron chi connectivity index (χ2n) is 7.18. The Labute approximate surface area is 180 Å². The fourth-order valence-corrected chi connectivity index (χ4v) is 3.47. The first-order chi connectivity index (χ1) is 12.5. The Morgan fingerprint density at radius 2 is 1.74 bits per heavy atom. The van der Waals surface area contributed by atoms with E-state index in [1.807, 2.05) is 18.2 Å². The first-order valence-electron chi connectivity index (χ1n) is 9.58. The molecule has 7 heteroatoms. The first kappa shape index (κ1) is 23.8. The van der Waals surface area contributed by atoms with Crippen LogP contribution in [0.4, 0.5) is 5.69 Å². The van der Waals surface area contributed by atoms with E-state index in [9.17, 15) is 0 Å². The van der Waals surface area contributed by atoms with Crippen LogP contribution in [-0.4, -0.2) is 50.8 Å². The predicted octanol–water partition coefficient (Wildman–Crippen LogP) is 3.95. The Morgan fingerprint density at radius 3 is 2.30 bits per heavy atom. The van der Waals surface area contributed by atoms with E-state index in [2.05, 4.69) is 29.1 Å². The Bertz CT molecular complexity index is 587. The summed E-state index contributed by atoms with van der Waals surface area (Å²) in [6, 6.07) is 6.04. The van der Waals surface area contributed by atoms with Crippen molar-refractivity contribution in [3.63, 3.8) is 0 Å². The molecule has 27 heavy (non-hydrogen) atoms. The van der Waals surface area contributed by atoms with Crippen LogP contribution in [0, 0.1) is 5.92 Å². The number of halogens is 1. The Hall–Kier alpha value is -1.22. The van der Waals surface area contributed by atoms with Gasteiger partial charge in [0.25, 0.3) is 0 Å². The number of nitrogens with one attached hydrogen (secondary N) is 1. The maximum Gasteiger partial charge on any atom is 0.193 e. The molecule has 1 heterocycles. The van der Waals surface area contributed by atoms with Crippen molar-refractivity contribution in [3.05, 3.63) is 18.2 Å². The molecule has 0 radical (unpaired) electrons. The summed E-state index contributed by atoms with van der Waals surface area (Å²) < 4.78 is 10.6. The van der Waals surface area contributed by atoms with Crippen molar-refractivity contribution in [1.82, 2.24) is 4.90 Å². The predicted molar refractivity (Wildman–Crippen MR) is 124 cm³/mol. The number of aliphatic imine (C=N–C) groups is 1. The van der Waals surface area contributed by atoms with E-state index >= 15 is 0 Å². The molecule has 0 saturated carbocycles. The van der Waals surface area contributed by atoms with Crippen molar-refractivity contribution in [3.8, 4) is 11.5 Å². The molecule has 1 aliphatic rings. The van der Waals surface area contributed by atoms with Gasteiger partial charge in [-0.25, -0.2) is 0 Å². The van der Waals surface area contributed by atoms with E-state index in [-0.39, 0.29) is 24.0 Å². The molecule has 1 aromatic carbocycles. The van der Waals surface area contributed by atoms with E-state index < -0.39 is 0 Å². The molecule has 154 valence electrons. The molecule has 0 bridgehead atoms. The minimum atomic E-state index is 0. The summed E-state index contributed by atoms with van der Waals surface area (Å²) in [7, 11) is 3.24. The smallest absolute Gasteiger partial charge is 0.193 e. The molecule has 1 atom stereocenters. The SMILES string of the molecule is COc1ccc(NC(N)=NCC(C(C)C)N2CCCCCC2)cc1OC.I. The lowest BCUT2D eigenvalue weighted by atomic mass is 10.0. The Kier molecular flexibility index (Phi) is 10.8.